The third kappa shape index (κ3) is 3.34. The first-order valence-corrected chi connectivity index (χ1v) is 6.47. The second-order valence-corrected chi connectivity index (χ2v) is 4.93. The highest BCUT2D eigenvalue weighted by Crippen LogP contribution is 2.24. The third-order valence-electron chi connectivity index (χ3n) is 3.84. The Bertz CT molecular complexity index is 405. The molecule has 100 valence electrons. The molecular weight excluding hydrogens is 226 g/mol. The fraction of sp³-hybridized carbons (Fsp3) is 0.643. The summed E-state index contributed by atoms with van der Waals surface area (Å²) in [6.45, 7) is 5.96. The monoisotopic (exact) mass is 249 g/mol. The van der Waals surface area contributed by atoms with Crippen molar-refractivity contribution in [1.82, 2.24) is 9.88 Å². The zero-order valence-corrected chi connectivity index (χ0v) is 11.5. The molecule has 0 saturated carbocycles. The van der Waals surface area contributed by atoms with E-state index >= 15 is 0 Å². The van der Waals surface area contributed by atoms with E-state index in [2.05, 4.69) is 25.2 Å². The van der Waals surface area contributed by atoms with Crippen LogP contribution in [-0.2, 0) is 13.6 Å². The fourth-order valence-electron chi connectivity index (χ4n) is 2.09. The highest BCUT2D eigenvalue weighted by Gasteiger charge is 2.24. The summed E-state index contributed by atoms with van der Waals surface area (Å²) < 4.78 is 1.83. The standard InChI is InChI=1S/C14H23N3O/c1-4-14(5-2,11-18)10-16-8-12-6-13(7-15)17(3)9-12/h6,9,16,18H,4-5,8,10-11H2,1-3H3. The van der Waals surface area contributed by atoms with Crippen LogP contribution in [0.5, 0.6) is 0 Å². The number of nitrogens with one attached hydrogen (secondary N) is 1. The second-order valence-electron chi connectivity index (χ2n) is 4.93. The quantitative estimate of drug-likeness (QED) is 0.774. The van der Waals surface area contributed by atoms with E-state index in [0.717, 1.165) is 31.5 Å². The minimum Gasteiger partial charge on any atom is -0.396 e. The van der Waals surface area contributed by atoms with Gasteiger partial charge in [0, 0.05) is 38.4 Å². The summed E-state index contributed by atoms with van der Waals surface area (Å²) in [5.41, 5.74) is 1.76. The first kappa shape index (κ1) is 14.7. The van der Waals surface area contributed by atoms with Crippen molar-refractivity contribution in [1.29, 1.82) is 5.26 Å². The van der Waals surface area contributed by atoms with E-state index in [1.165, 1.54) is 0 Å². The molecule has 0 atom stereocenters. The number of hydrogen-bond donors (Lipinski definition) is 2. The Labute approximate surface area is 109 Å². The lowest BCUT2D eigenvalue weighted by molar-refractivity contribution is 0.113. The minimum atomic E-state index is -0.0210. The van der Waals surface area contributed by atoms with E-state index in [0.29, 0.717) is 5.69 Å². The Balaban J connectivity index is 2.53. The van der Waals surface area contributed by atoms with Crippen LogP contribution in [0.25, 0.3) is 0 Å². The van der Waals surface area contributed by atoms with Gasteiger partial charge in [-0.05, 0) is 24.5 Å². The van der Waals surface area contributed by atoms with E-state index in [-0.39, 0.29) is 12.0 Å². The van der Waals surface area contributed by atoms with E-state index in [1.807, 2.05) is 23.9 Å². The number of rotatable bonds is 7. The summed E-state index contributed by atoms with van der Waals surface area (Å²) in [4.78, 5) is 0. The largest absolute Gasteiger partial charge is 0.396 e. The maximum absolute atomic E-state index is 9.47. The van der Waals surface area contributed by atoms with Crippen LogP contribution >= 0.6 is 0 Å². The van der Waals surface area contributed by atoms with Crippen LogP contribution in [-0.4, -0.2) is 22.8 Å². The van der Waals surface area contributed by atoms with Gasteiger partial charge in [0.15, 0.2) is 0 Å². The van der Waals surface area contributed by atoms with Gasteiger partial charge in [-0.15, -0.1) is 0 Å². The van der Waals surface area contributed by atoms with Crippen molar-refractivity contribution in [2.75, 3.05) is 13.2 Å². The summed E-state index contributed by atoms with van der Waals surface area (Å²) in [7, 11) is 1.87. The predicted molar refractivity (Wildman–Crippen MR) is 71.9 cm³/mol. The summed E-state index contributed by atoms with van der Waals surface area (Å²) in [5.74, 6) is 0. The summed E-state index contributed by atoms with van der Waals surface area (Å²) in [6.07, 6.45) is 3.89. The molecule has 0 bridgehead atoms. The van der Waals surface area contributed by atoms with Crippen LogP contribution in [0.3, 0.4) is 0 Å². The van der Waals surface area contributed by atoms with Crippen LogP contribution in [0.15, 0.2) is 12.3 Å². The molecule has 0 amide bonds. The number of aliphatic hydroxyl groups excluding tert-OH is 1. The van der Waals surface area contributed by atoms with Gasteiger partial charge in [-0.25, -0.2) is 0 Å². The molecule has 0 aliphatic heterocycles. The van der Waals surface area contributed by atoms with Crippen LogP contribution in [0.1, 0.15) is 37.9 Å². The Morgan fingerprint density at radius 1 is 1.44 bits per heavy atom. The minimum absolute atomic E-state index is 0.0210. The Morgan fingerprint density at radius 2 is 2.11 bits per heavy atom. The van der Waals surface area contributed by atoms with Crippen LogP contribution in [0.4, 0.5) is 0 Å². The Kier molecular flexibility index (Phi) is 5.39. The van der Waals surface area contributed by atoms with Crippen molar-refractivity contribution in [3.63, 3.8) is 0 Å². The molecular formula is C14H23N3O. The van der Waals surface area contributed by atoms with Gasteiger partial charge in [0.1, 0.15) is 11.8 Å². The second kappa shape index (κ2) is 6.58. The topological polar surface area (TPSA) is 61.0 Å². The van der Waals surface area contributed by atoms with Crippen molar-refractivity contribution in [2.45, 2.75) is 33.2 Å². The van der Waals surface area contributed by atoms with Crippen molar-refractivity contribution < 1.29 is 5.11 Å². The van der Waals surface area contributed by atoms with E-state index in [1.54, 1.807) is 0 Å². The Hall–Kier alpha value is -1.31. The Morgan fingerprint density at radius 3 is 2.56 bits per heavy atom. The van der Waals surface area contributed by atoms with Crippen molar-refractivity contribution in [2.24, 2.45) is 12.5 Å². The van der Waals surface area contributed by atoms with Crippen molar-refractivity contribution in [3.8, 4) is 6.07 Å². The predicted octanol–water partition coefficient (Wildman–Crippen LogP) is 1.79. The molecule has 0 aliphatic carbocycles. The van der Waals surface area contributed by atoms with Gasteiger partial charge in [0.25, 0.3) is 0 Å². The molecule has 1 rings (SSSR count). The van der Waals surface area contributed by atoms with Crippen LogP contribution < -0.4 is 5.32 Å². The molecule has 0 saturated heterocycles. The van der Waals surface area contributed by atoms with Gasteiger partial charge in [-0.3, -0.25) is 0 Å². The van der Waals surface area contributed by atoms with Crippen LogP contribution in [0, 0.1) is 16.7 Å². The molecule has 0 fully saturated rings. The zero-order chi connectivity index (χ0) is 13.6. The number of aryl methyl sites for hydroxylation is 1. The number of aliphatic hydroxyl groups is 1. The van der Waals surface area contributed by atoms with Gasteiger partial charge in [0.2, 0.25) is 0 Å². The molecule has 2 N–H and O–H groups in total. The lowest BCUT2D eigenvalue weighted by atomic mass is 9.83. The van der Waals surface area contributed by atoms with Crippen molar-refractivity contribution >= 4 is 0 Å². The van der Waals surface area contributed by atoms with E-state index < -0.39 is 0 Å². The molecule has 4 heteroatoms. The normalized spacial score (nSPS) is 11.5. The third-order valence-corrected chi connectivity index (χ3v) is 3.84. The first-order valence-electron chi connectivity index (χ1n) is 6.47. The first-order chi connectivity index (χ1) is 8.60. The average molecular weight is 249 g/mol. The highest BCUT2D eigenvalue weighted by atomic mass is 16.3. The summed E-state index contributed by atoms with van der Waals surface area (Å²) in [6, 6.07) is 4.05. The maximum atomic E-state index is 9.47. The van der Waals surface area contributed by atoms with Crippen molar-refractivity contribution in [3.05, 3.63) is 23.5 Å². The molecule has 0 radical (unpaired) electrons. The number of hydrogen-bond acceptors (Lipinski definition) is 3. The zero-order valence-electron chi connectivity index (χ0n) is 11.5. The van der Waals surface area contributed by atoms with Gasteiger partial charge in [-0.2, -0.15) is 5.26 Å². The number of nitrogens with zero attached hydrogens (tertiary/aromatic N) is 2. The summed E-state index contributed by atoms with van der Waals surface area (Å²) in [5, 5.41) is 21.7. The molecule has 18 heavy (non-hydrogen) atoms. The molecule has 1 aromatic rings. The number of aromatic nitrogens is 1. The van der Waals surface area contributed by atoms with Gasteiger partial charge in [0.05, 0.1) is 0 Å². The molecule has 1 heterocycles. The van der Waals surface area contributed by atoms with Gasteiger partial charge >= 0.3 is 0 Å². The molecule has 1 aromatic heterocycles. The van der Waals surface area contributed by atoms with Gasteiger partial charge < -0.3 is 15.0 Å². The molecule has 4 nitrogen and oxygen atoms in total. The highest BCUT2D eigenvalue weighted by molar-refractivity contribution is 5.28. The number of nitriles is 1. The van der Waals surface area contributed by atoms with Crippen LogP contribution in [0.2, 0.25) is 0 Å². The molecule has 0 aliphatic rings. The van der Waals surface area contributed by atoms with E-state index in [4.69, 9.17) is 5.26 Å². The molecule has 0 aromatic carbocycles. The lowest BCUT2D eigenvalue weighted by Crippen LogP contribution is -2.36. The maximum Gasteiger partial charge on any atom is 0.120 e. The smallest absolute Gasteiger partial charge is 0.120 e. The summed E-state index contributed by atoms with van der Waals surface area (Å²) >= 11 is 0. The van der Waals surface area contributed by atoms with Gasteiger partial charge in [-0.1, -0.05) is 13.8 Å². The molecule has 0 unspecified atom stereocenters. The fourth-order valence-corrected chi connectivity index (χ4v) is 2.09. The average Bonchev–Trinajstić information content (AvgIpc) is 2.76. The molecule has 0 spiro atoms. The van der Waals surface area contributed by atoms with E-state index in [9.17, 15) is 5.11 Å². The lowest BCUT2D eigenvalue weighted by Gasteiger charge is -2.29. The SMILES string of the molecule is CCC(CC)(CO)CNCc1cc(C#N)n(C)c1.